The van der Waals surface area contributed by atoms with Gasteiger partial charge in [0, 0.05) is 11.5 Å². The summed E-state index contributed by atoms with van der Waals surface area (Å²) in [5.74, 6) is 1.27. The number of carbonyl (C=O) groups excluding carboxylic acids is 2. The Hall–Kier alpha value is -2.98. The predicted molar refractivity (Wildman–Crippen MR) is 144 cm³/mol. The van der Waals surface area contributed by atoms with E-state index in [4.69, 9.17) is 9.47 Å². The van der Waals surface area contributed by atoms with Crippen LogP contribution in [0.1, 0.15) is 41.5 Å². The van der Waals surface area contributed by atoms with Gasteiger partial charge >= 0.3 is 12.2 Å². The molecule has 190 valence electrons. The summed E-state index contributed by atoms with van der Waals surface area (Å²) in [6, 6.07) is 15.0. The van der Waals surface area contributed by atoms with Crippen LogP contribution in [0.25, 0.3) is 22.1 Å². The fraction of sp³-hybridized carbons (Fsp3) is 0.385. The van der Waals surface area contributed by atoms with Crippen LogP contribution in [0.3, 0.4) is 0 Å². The Morgan fingerprint density at radius 1 is 0.694 bits per heavy atom. The first-order chi connectivity index (χ1) is 16.9. The first-order valence-corrected chi connectivity index (χ1v) is 13.6. The van der Waals surface area contributed by atoms with Gasteiger partial charge in [0.1, 0.15) is 11.2 Å². The number of imidazole rings is 2. The van der Waals surface area contributed by atoms with Crippen molar-refractivity contribution < 1.29 is 19.1 Å². The molecule has 2 heterocycles. The first-order valence-electron chi connectivity index (χ1n) is 11.6. The summed E-state index contributed by atoms with van der Waals surface area (Å²) in [6.45, 7) is 11.0. The van der Waals surface area contributed by atoms with Gasteiger partial charge in [0.05, 0.1) is 22.1 Å². The van der Waals surface area contributed by atoms with Gasteiger partial charge in [0.25, 0.3) is 0 Å². The average molecular weight is 527 g/mol. The van der Waals surface area contributed by atoms with Crippen molar-refractivity contribution in [2.45, 2.75) is 63.1 Å². The van der Waals surface area contributed by atoms with Crippen LogP contribution in [0, 0.1) is 0 Å². The van der Waals surface area contributed by atoms with Gasteiger partial charge < -0.3 is 9.47 Å². The topological polar surface area (TPSA) is 88.2 Å². The van der Waals surface area contributed by atoms with Crippen LogP contribution in [-0.2, 0) is 9.47 Å². The molecular formula is C26H30N4O4S2. The molecule has 0 atom stereocenters. The van der Waals surface area contributed by atoms with E-state index in [-0.39, 0.29) is 0 Å². The predicted octanol–water partition coefficient (Wildman–Crippen LogP) is 6.84. The summed E-state index contributed by atoms with van der Waals surface area (Å²) in [6.07, 6.45) is -0.920. The number of nitrogens with zero attached hydrogens (tertiary/aromatic N) is 4. The molecule has 36 heavy (non-hydrogen) atoms. The monoisotopic (exact) mass is 526 g/mol. The molecule has 0 aliphatic carbocycles. The minimum atomic E-state index is -0.624. The number of rotatable bonds is 5. The van der Waals surface area contributed by atoms with E-state index in [1.54, 1.807) is 0 Å². The highest BCUT2D eigenvalue weighted by Crippen LogP contribution is 2.29. The number of aromatic nitrogens is 4. The molecule has 0 N–H and O–H groups in total. The lowest BCUT2D eigenvalue weighted by Crippen LogP contribution is -2.27. The number of hydrogen-bond acceptors (Lipinski definition) is 8. The molecule has 0 saturated heterocycles. The number of ether oxygens (including phenoxy) is 2. The third kappa shape index (κ3) is 6.04. The highest BCUT2D eigenvalue weighted by Gasteiger charge is 2.25. The maximum Gasteiger partial charge on any atom is 0.421 e. The van der Waals surface area contributed by atoms with Gasteiger partial charge in [-0.3, -0.25) is 0 Å². The smallest absolute Gasteiger partial charge is 0.421 e. The highest BCUT2D eigenvalue weighted by molar-refractivity contribution is 8.02. The lowest BCUT2D eigenvalue weighted by atomic mass is 10.2. The zero-order chi connectivity index (χ0) is 26.1. The Kier molecular flexibility index (Phi) is 7.38. The van der Waals surface area contributed by atoms with Crippen molar-refractivity contribution in [1.82, 2.24) is 19.1 Å². The summed E-state index contributed by atoms with van der Waals surface area (Å²) in [5, 5.41) is 1.12. The van der Waals surface area contributed by atoms with E-state index in [1.807, 2.05) is 90.1 Å². The fourth-order valence-corrected chi connectivity index (χ4v) is 5.40. The van der Waals surface area contributed by atoms with Crippen LogP contribution in [0.15, 0.2) is 58.8 Å². The summed E-state index contributed by atoms with van der Waals surface area (Å²) in [4.78, 5) is 35.2. The molecule has 0 aliphatic heterocycles. The standard InChI is InChI=1S/C26H30N4O4S2/c1-25(2,3)33-23(31)29-19-13-9-7-11-17(19)27-21(29)35-15-16-36-22-28-18-12-8-10-14-20(18)30(22)24(32)34-26(4,5)6/h7-14H,15-16H2,1-6H3. The summed E-state index contributed by atoms with van der Waals surface area (Å²) in [7, 11) is 0. The van der Waals surface area contributed by atoms with E-state index in [1.165, 1.54) is 32.7 Å². The molecule has 2 aromatic heterocycles. The van der Waals surface area contributed by atoms with Crippen molar-refractivity contribution in [2.75, 3.05) is 11.5 Å². The van der Waals surface area contributed by atoms with Crippen LogP contribution < -0.4 is 0 Å². The van der Waals surface area contributed by atoms with Crippen molar-refractivity contribution in [2.24, 2.45) is 0 Å². The van der Waals surface area contributed by atoms with Gasteiger partial charge in [-0.25, -0.2) is 28.7 Å². The third-order valence-corrected chi connectivity index (χ3v) is 6.90. The summed E-state index contributed by atoms with van der Waals surface area (Å²) < 4.78 is 14.3. The Morgan fingerprint density at radius 2 is 1.06 bits per heavy atom. The van der Waals surface area contributed by atoms with Crippen molar-refractivity contribution in [3.8, 4) is 0 Å². The van der Waals surface area contributed by atoms with Gasteiger partial charge in [0.15, 0.2) is 10.3 Å². The third-order valence-electron chi connectivity index (χ3n) is 4.76. The van der Waals surface area contributed by atoms with Crippen LogP contribution in [0.4, 0.5) is 9.59 Å². The minimum absolute atomic E-state index is 0.460. The van der Waals surface area contributed by atoms with E-state index in [2.05, 4.69) is 9.97 Å². The molecule has 4 rings (SSSR count). The van der Waals surface area contributed by atoms with Gasteiger partial charge in [-0.05, 0) is 65.8 Å². The molecule has 0 saturated carbocycles. The molecule has 10 heteroatoms. The molecule has 0 radical (unpaired) electrons. The highest BCUT2D eigenvalue weighted by atomic mass is 32.2. The fourth-order valence-electron chi connectivity index (χ4n) is 3.44. The largest absolute Gasteiger partial charge is 0.443 e. The van der Waals surface area contributed by atoms with E-state index in [9.17, 15) is 9.59 Å². The van der Waals surface area contributed by atoms with Crippen LogP contribution >= 0.6 is 23.5 Å². The number of carbonyl (C=O) groups is 2. The second-order valence-corrected chi connectivity index (χ2v) is 12.2. The lowest BCUT2D eigenvalue weighted by Gasteiger charge is -2.20. The van der Waals surface area contributed by atoms with E-state index < -0.39 is 23.4 Å². The van der Waals surface area contributed by atoms with Gasteiger partial charge in [0.2, 0.25) is 0 Å². The van der Waals surface area contributed by atoms with Crippen LogP contribution in [0.5, 0.6) is 0 Å². The Labute approximate surface area is 218 Å². The number of hydrogen-bond donors (Lipinski definition) is 0. The second-order valence-electron chi connectivity index (χ2n) is 10.1. The maximum absolute atomic E-state index is 13.0. The SMILES string of the molecule is CC(C)(C)OC(=O)n1c(SCCSc2nc3ccccc3n2C(=O)OC(C)(C)C)nc2ccccc21. The van der Waals surface area contributed by atoms with Gasteiger partial charge in [-0.1, -0.05) is 47.8 Å². The normalized spacial score (nSPS) is 12.3. The molecule has 0 aliphatic rings. The summed E-state index contributed by atoms with van der Waals surface area (Å²) in [5.41, 5.74) is 1.61. The number of para-hydroxylation sites is 4. The number of fused-ring (bicyclic) bond motifs is 2. The van der Waals surface area contributed by atoms with Crippen molar-refractivity contribution in [3.05, 3.63) is 48.5 Å². The van der Waals surface area contributed by atoms with E-state index >= 15 is 0 Å². The van der Waals surface area contributed by atoms with Crippen molar-refractivity contribution in [3.63, 3.8) is 0 Å². The Bertz CT molecular complexity index is 1310. The zero-order valence-electron chi connectivity index (χ0n) is 21.3. The first kappa shape index (κ1) is 26.1. The van der Waals surface area contributed by atoms with E-state index in [0.29, 0.717) is 32.9 Å². The molecular weight excluding hydrogens is 496 g/mol. The van der Waals surface area contributed by atoms with Gasteiger partial charge in [-0.15, -0.1) is 0 Å². The van der Waals surface area contributed by atoms with Gasteiger partial charge in [-0.2, -0.15) is 0 Å². The molecule has 0 bridgehead atoms. The molecule has 2 aromatic carbocycles. The van der Waals surface area contributed by atoms with Crippen molar-refractivity contribution >= 4 is 57.8 Å². The Balaban J connectivity index is 1.52. The molecule has 0 spiro atoms. The number of thioether (sulfide) groups is 2. The molecule has 8 nitrogen and oxygen atoms in total. The maximum atomic E-state index is 13.0. The average Bonchev–Trinajstić information content (AvgIpc) is 3.32. The Morgan fingerprint density at radius 3 is 1.42 bits per heavy atom. The van der Waals surface area contributed by atoms with Crippen LogP contribution in [0.2, 0.25) is 0 Å². The zero-order valence-corrected chi connectivity index (χ0v) is 22.9. The lowest BCUT2D eigenvalue weighted by molar-refractivity contribution is 0.0518. The molecule has 0 fully saturated rings. The minimum Gasteiger partial charge on any atom is -0.443 e. The molecule has 0 unspecified atom stereocenters. The van der Waals surface area contributed by atoms with Crippen molar-refractivity contribution in [1.29, 1.82) is 0 Å². The summed E-state index contributed by atoms with van der Waals surface area (Å²) >= 11 is 2.91. The molecule has 4 aromatic rings. The van der Waals surface area contributed by atoms with E-state index in [0.717, 1.165) is 11.0 Å². The molecule has 0 amide bonds. The number of benzene rings is 2. The quantitative estimate of drug-likeness (QED) is 0.206. The second kappa shape index (κ2) is 10.2. The van der Waals surface area contributed by atoms with Crippen LogP contribution in [-0.4, -0.2) is 54.0 Å².